The summed E-state index contributed by atoms with van der Waals surface area (Å²) in [6.45, 7) is 2.42. The number of aromatic hydroxyl groups is 1. The van der Waals surface area contributed by atoms with Crippen molar-refractivity contribution in [3.8, 4) is 18.1 Å². The van der Waals surface area contributed by atoms with Crippen LogP contribution in [0.15, 0.2) is 18.2 Å². The average molecular weight is 359 g/mol. The van der Waals surface area contributed by atoms with Gasteiger partial charge in [-0.05, 0) is 85.0 Å². The van der Waals surface area contributed by atoms with Crippen LogP contribution >= 0.6 is 15.9 Å². The van der Waals surface area contributed by atoms with Crippen molar-refractivity contribution in [1.29, 1.82) is 0 Å². The van der Waals surface area contributed by atoms with Gasteiger partial charge in [-0.1, -0.05) is 34.8 Å². The molecule has 3 aliphatic rings. The lowest BCUT2D eigenvalue weighted by Gasteiger charge is -2.52. The Kier molecular flexibility index (Phi) is 3.18. The minimum absolute atomic E-state index is 0.106. The van der Waals surface area contributed by atoms with Gasteiger partial charge in [0.1, 0.15) is 5.75 Å². The van der Waals surface area contributed by atoms with E-state index < -0.39 is 0 Å². The molecule has 116 valence electrons. The molecule has 22 heavy (non-hydrogen) atoms. The van der Waals surface area contributed by atoms with Gasteiger partial charge in [-0.25, -0.2) is 0 Å². The molecule has 1 aromatic carbocycles. The number of halogens is 1. The monoisotopic (exact) mass is 358 g/mol. The lowest BCUT2D eigenvalue weighted by Crippen LogP contribution is -2.47. The molecule has 0 radical (unpaired) electrons. The molecule has 2 heteroatoms. The predicted octanol–water partition coefficient (Wildman–Crippen LogP) is 5.02. The zero-order valence-corrected chi connectivity index (χ0v) is 14.7. The normalized spacial score (nSPS) is 42.9. The first kappa shape index (κ1) is 14.6. The Morgan fingerprint density at radius 3 is 2.86 bits per heavy atom. The lowest BCUT2D eigenvalue weighted by molar-refractivity contribution is 0.0533. The van der Waals surface area contributed by atoms with E-state index in [-0.39, 0.29) is 9.74 Å². The Morgan fingerprint density at radius 1 is 1.27 bits per heavy atom. The number of phenols is 1. The average Bonchev–Trinajstić information content (AvgIpc) is 2.79. The number of benzene rings is 1. The topological polar surface area (TPSA) is 20.2 Å². The summed E-state index contributed by atoms with van der Waals surface area (Å²) in [7, 11) is 0. The van der Waals surface area contributed by atoms with E-state index in [0.29, 0.717) is 11.7 Å². The molecule has 1 N–H and O–H groups in total. The Labute approximate surface area is 141 Å². The van der Waals surface area contributed by atoms with E-state index >= 15 is 0 Å². The van der Waals surface area contributed by atoms with Crippen molar-refractivity contribution in [2.75, 3.05) is 0 Å². The third-order valence-electron chi connectivity index (χ3n) is 7.03. The highest BCUT2D eigenvalue weighted by Crippen LogP contribution is 2.66. The summed E-state index contributed by atoms with van der Waals surface area (Å²) >= 11 is 3.93. The summed E-state index contributed by atoms with van der Waals surface area (Å²) < 4.78 is -0.106. The summed E-state index contributed by atoms with van der Waals surface area (Å²) in [6.07, 6.45) is 13.0. The molecule has 0 saturated heterocycles. The second-order valence-electron chi connectivity index (χ2n) is 7.74. The van der Waals surface area contributed by atoms with E-state index in [0.717, 1.165) is 24.7 Å². The van der Waals surface area contributed by atoms with E-state index in [9.17, 15) is 5.11 Å². The minimum atomic E-state index is -0.106. The zero-order chi connectivity index (χ0) is 15.5. The second-order valence-corrected chi connectivity index (χ2v) is 9.09. The molecule has 0 heterocycles. The minimum Gasteiger partial charge on any atom is -0.508 e. The molecule has 0 unspecified atom stereocenters. The quantitative estimate of drug-likeness (QED) is 0.510. The number of hydrogen-bond acceptors (Lipinski definition) is 1. The van der Waals surface area contributed by atoms with Crippen LogP contribution in [-0.2, 0) is 6.42 Å². The van der Waals surface area contributed by atoms with Crippen LogP contribution in [0.4, 0.5) is 0 Å². The molecule has 1 nitrogen and oxygen atoms in total. The molecule has 2 fully saturated rings. The molecule has 2 saturated carbocycles. The highest BCUT2D eigenvalue weighted by Gasteiger charge is 2.60. The van der Waals surface area contributed by atoms with Gasteiger partial charge in [0.15, 0.2) is 0 Å². The summed E-state index contributed by atoms with van der Waals surface area (Å²) in [5, 5.41) is 9.75. The third-order valence-corrected chi connectivity index (χ3v) is 8.56. The second kappa shape index (κ2) is 4.78. The van der Waals surface area contributed by atoms with Crippen LogP contribution in [0.5, 0.6) is 5.75 Å². The van der Waals surface area contributed by atoms with E-state index in [1.165, 1.54) is 36.8 Å². The van der Waals surface area contributed by atoms with E-state index in [4.69, 9.17) is 6.42 Å². The van der Waals surface area contributed by atoms with Crippen molar-refractivity contribution in [3.05, 3.63) is 29.3 Å². The standard InChI is InChI=1S/C20H23BrO/c1-3-20(21)11-9-18-17-6-4-13-12-14(22)5-7-15(13)16(17)8-10-19(18,20)2/h1,5,7,12,16-18,22H,4,6,8-11H2,2H3/t16-,17-,18+,19+,20-/m1/s1. The van der Waals surface area contributed by atoms with Crippen molar-refractivity contribution in [3.63, 3.8) is 0 Å². The van der Waals surface area contributed by atoms with Crippen molar-refractivity contribution in [1.82, 2.24) is 0 Å². The van der Waals surface area contributed by atoms with E-state index in [1.807, 2.05) is 12.1 Å². The highest BCUT2D eigenvalue weighted by molar-refractivity contribution is 9.10. The fourth-order valence-corrected chi connectivity index (χ4v) is 6.51. The SMILES string of the molecule is C#C[C@@]1(Br)CC[C@H]2[C@@H]3CCc4cc(O)ccc4[C@H]3CC[C@@]21C. The largest absolute Gasteiger partial charge is 0.508 e. The van der Waals surface area contributed by atoms with Gasteiger partial charge in [-0.3, -0.25) is 0 Å². The fraction of sp³-hybridized carbons (Fsp3) is 0.600. The maximum atomic E-state index is 9.75. The Balaban J connectivity index is 1.72. The molecular weight excluding hydrogens is 336 g/mol. The third kappa shape index (κ3) is 1.78. The number of alkyl halides is 1. The summed E-state index contributed by atoms with van der Waals surface area (Å²) in [6, 6.07) is 6.01. The Bertz CT molecular complexity index is 660. The van der Waals surface area contributed by atoms with Crippen molar-refractivity contribution in [2.24, 2.45) is 17.3 Å². The molecule has 1 aromatic rings. The van der Waals surface area contributed by atoms with Crippen molar-refractivity contribution in [2.45, 2.75) is 55.7 Å². The van der Waals surface area contributed by atoms with Gasteiger partial charge < -0.3 is 5.11 Å². The van der Waals surface area contributed by atoms with Gasteiger partial charge in [-0.2, -0.15) is 0 Å². The maximum Gasteiger partial charge on any atom is 0.115 e. The molecule has 4 rings (SSSR count). The van der Waals surface area contributed by atoms with Gasteiger partial charge in [0.2, 0.25) is 0 Å². The first-order chi connectivity index (χ1) is 10.5. The Hall–Kier alpha value is -0.940. The van der Waals surface area contributed by atoms with Gasteiger partial charge in [-0.15, -0.1) is 6.42 Å². The summed E-state index contributed by atoms with van der Waals surface area (Å²) in [4.78, 5) is 0. The summed E-state index contributed by atoms with van der Waals surface area (Å²) in [5.74, 6) is 5.63. The highest BCUT2D eigenvalue weighted by atomic mass is 79.9. The molecule has 0 spiro atoms. The van der Waals surface area contributed by atoms with Gasteiger partial charge >= 0.3 is 0 Å². The predicted molar refractivity (Wildman–Crippen MR) is 93.2 cm³/mol. The zero-order valence-electron chi connectivity index (χ0n) is 13.1. The maximum absolute atomic E-state index is 9.75. The molecular formula is C20H23BrO. The van der Waals surface area contributed by atoms with Crippen molar-refractivity contribution >= 4 is 15.9 Å². The number of rotatable bonds is 0. The number of terminal acetylenes is 1. The molecule has 5 atom stereocenters. The molecule has 0 bridgehead atoms. The molecule has 3 aliphatic carbocycles. The van der Waals surface area contributed by atoms with Crippen molar-refractivity contribution < 1.29 is 5.11 Å². The first-order valence-corrected chi connectivity index (χ1v) is 9.26. The number of phenolic OH excluding ortho intramolecular Hbond substituents is 1. The van der Waals surface area contributed by atoms with Gasteiger partial charge in [0, 0.05) is 0 Å². The molecule has 0 aliphatic heterocycles. The fourth-order valence-electron chi connectivity index (χ4n) is 5.79. The number of aryl methyl sites for hydroxylation is 1. The van der Waals surface area contributed by atoms with Gasteiger partial charge in [0.25, 0.3) is 0 Å². The Morgan fingerprint density at radius 2 is 2.09 bits per heavy atom. The number of hydrogen-bond donors (Lipinski definition) is 1. The summed E-state index contributed by atoms with van der Waals surface area (Å²) in [5.41, 5.74) is 3.09. The first-order valence-electron chi connectivity index (χ1n) is 8.47. The van der Waals surface area contributed by atoms with Crippen LogP contribution in [0.3, 0.4) is 0 Å². The van der Waals surface area contributed by atoms with Gasteiger partial charge in [0.05, 0.1) is 4.32 Å². The number of fused-ring (bicyclic) bond motifs is 5. The van der Waals surface area contributed by atoms with Crippen LogP contribution in [0.2, 0.25) is 0 Å². The van der Waals surface area contributed by atoms with E-state index in [2.05, 4.69) is 34.8 Å². The van der Waals surface area contributed by atoms with Crippen LogP contribution in [0, 0.1) is 29.6 Å². The van der Waals surface area contributed by atoms with Crippen LogP contribution in [-0.4, -0.2) is 9.43 Å². The van der Waals surface area contributed by atoms with Crippen LogP contribution in [0.25, 0.3) is 0 Å². The van der Waals surface area contributed by atoms with Crippen LogP contribution < -0.4 is 0 Å². The lowest BCUT2D eigenvalue weighted by atomic mass is 9.54. The van der Waals surface area contributed by atoms with E-state index in [1.54, 1.807) is 0 Å². The molecule has 0 amide bonds. The smallest absolute Gasteiger partial charge is 0.115 e. The van der Waals surface area contributed by atoms with Crippen LogP contribution in [0.1, 0.15) is 56.1 Å². The molecule has 0 aromatic heterocycles.